The average molecular weight is 259 g/mol. The predicted octanol–water partition coefficient (Wildman–Crippen LogP) is 3.61. The molecule has 1 aliphatic rings. The van der Waals surface area contributed by atoms with Crippen LogP contribution in [-0.4, -0.2) is 11.0 Å². The van der Waals surface area contributed by atoms with E-state index in [4.69, 9.17) is 0 Å². The van der Waals surface area contributed by atoms with E-state index in [1.807, 2.05) is 19.1 Å². The zero-order chi connectivity index (χ0) is 13.5. The Morgan fingerprint density at radius 2 is 2.11 bits per heavy atom. The molecule has 1 fully saturated rings. The highest BCUT2D eigenvalue weighted by atomic mass is 16.2. The summed E-state index contributed by atoms with van der Waals surface area (Å²) in [5.74, 6) is 0.620. The number of aryl methyl sites for hydroxylation is 1. The molecule has 2 rings (SSSR count). The van der Waals surface area contributed by atoms with Crippen LogP contribution in [0.3, 0.4) is 0 Å². The van der Waals surface area contributed by atoms with Crippen LogP contribution < -0.4 is 10.6 Å². The second kappa shape index (κ2) is 6.92. The van der Waals surface area contributed by atoms with Gasteiger partial charge < -0.3 is 10.6 Å². The van der Waals surface area contributed by atoms with Gasteiger partial charge in [-0.05, 0) is 37.8 Å². The Kier molecular flexibility index (Phi) is 4.95. The fraction of sp³-hybridized carbons (Fsp3) is 0.467. The molecule has 2 amide bonds. The van der Waals surface area contributed by atoms with Crippen molar-refractivity contribution in [1.82, 2.24) is 10.3 Å². The topological polar surface area (TPSA) is 54.0 Å². The van der Waals surface area contributed by atoms with E-state index in [0.717, 1.165) is 5.69 Å². The van der Waals surface area contributed by atoms with Crippen molar-refractivity contribution >= 4 is 11.7 Å². The Bertz CT molecular complexity index is 433. The number of rotatable bonds is 3. The van der Waals surface area contributed by atoms with Gasteiger partial charge in [0, 0.05) is 11.9 Å². The summed E-state index contributed by atoms with van der Waals surface area (Å²) in [6.45, 7) is 1.91. The molecular formula is C15H21N3O. The van der Waals surface area contributed by atoms with Gasteiger partial charge in [-0.2, -0.15) is 0 Å². The lowest BCUT2D eigenvalue weighted by Gasteiger charge is -2.17. The zero-order valence-electron chi connectivity index (χ0n) is 11.4. The highest BCUT2D eigenvalue weighted by Crippen LogP contribution is 2.24. The summed E-state index contributed by atoms with van der Waals surface area (Å²) in [6, 6.07) is 3.48. The van der Waals surface area contributed by atoms with Gasteiger partial charge in [-0.1, -0.05) is 25.3 Å². The van der Waals surface area contributed by atoms with Crippen molar-refractivity contribution in [3.63, 3.8) is 0 Å². The largest absolute Gasteiger partial charge is 0.323 e. The molecule has 19 heavy (non-hydrogen) atoms. The van der Waals surface area contributed by atoms with E-state index in [-0.39, 0.29) is 6.03 Å². The number of amides is 2. The standard InChI is InChI=1S/C15H21N3O/c1-12-7-8-14(11-17-12)18-15(19)16-10-9-13-5-3-2-4-6-13/h7-11,13H,2-6H2,1H3,(H2,16,18,19)/b10-9+. The number of carbonyl (C=O) groups is 1. The monoisotopic (exact) mass is 259 g/mol. The van der Waals surface area contributed by atoms with Crippen molar-refractivity contribution in [3.8, 4) is 0 Å². The highest BCUT2D eigenvalue weighted by molar-refractivity contribution is 5.89. The number of allylic oxidation sites excluding steroid dienone is 1. The van der Waals surface area contributed by atoms with E-state index in [1.165, 1.54) is 32.1 Å². The maximum Gasteiger partial charge on any atom is 0.323 e. The third-order valence-electron chi connectivity index (χ3n) is 3.40. The second-order valence-corrected chi connectivity index (χ2v) is 5.04. The number of nitrogens with one attached hydrogen (secondary N) is 2. The van der Waals surface area contributed by atoms with Crippen molar-refractivity contribution in [1.29, 1.82) is 0 Å². The molecule has 0 unspecified atom stereocenters. The first-order valence-corrected chi connectivity index (χ1v) is 6.91. The molecule has 0 atom stereocenters. The second-order valence-electron chi connectivity index (χ2n) is 5.04. The minimum Gasteiger partial charge on any atom is -0.315 e. The lowest BCUT2D eigenvalue weighted by molar-refractivity contribution is 0.255. The first-order valence-electron chi connectivity index (χ1n) is 6.91. The van der Waals surface area contributed by atoms with Crippen molar-refractivity contribution in [2.24, 2.45) is 5.92 Å². The van der Waals surface area contributed by atoms with Crippen LogP contribution in [0.5, 0.6) is 0 Å². The molecule has 0 aromatic carbocycles. The lowest BCUT2D eigenvalue weighted by atomic mass is 9.89. The maximum absolute atomic E-state index is 11.6. The summed E-state index contributed by atoms with van der Waals surface area (Å²) in [5.41, 5.74) is 1.64. The molecule has 0 aliphatic heterocycles. The fourth-order valence-corrected chi connectivity index (χ4v) is 2.30. The number of nitrogens with zero attached hydrogens (tertiary/aromatic N) is 1. The highest BCUT2D eigenvalue weighted by Gasteiger charge is 2.09. The lowest BCUT2D eigenvalue weighted by Crippen LogP contribution is -2.24. The Labute approximate surface area is 114 Å². The normalized spacial score (nSPS) is 16.5. The van der Waals surface area contributed by atoms with E-state index < -0.39 is 0 Å². The molecule has 0 bridgehead atoms. The zero-order valence-corrected chi connectivity index (χ0v) is 11.4. The molecule has 4 heteroatoms. The molecule has 0 radical (unpaired) electrons. The number of hydrogen-bond donors (Lipinski definition) is 2. The summed E-state index contributed by atoms with van der Waals surface area (Å²) >= 11 is 0. The van der Waals surface area contributed by atoms with Crippen LogP contribution in [0, 0.1) is 12.8 Å². The third-order valence-corrected chi connectivity index (χ3v) is 3.40. The van der Waals surface area contributed by atoms with Gasteiger partial charge in [0.1, 0.15) is 0 Å². The van der Waals surface area contributed by atoms with Crippen molar-refractivity contribution < 1.29 is 4.79 Å². The van der Waals surface area contributed by atoms with Gasteiger partial charge in [0.25, 0.3) is 0 Å². The SMILES string of the molecule is Cc1ccc(NC(=O)N/C=C/C2CCCCC2)cn1. The number of urea groups is 1. The minimum absolute atomic E-state index is 0.224. The van der Waals surface area contributed by atoms with E-state index in [0.29, 0.717) is 11.6 Å². The van der Waals surface area contributed by atoms with Gasteiger partial charge in [-0.25, -0.2) is 4.79 Å². The van der Waals surface area contributed by atoms with E-state index >= 15 is 0 Å². The Morgan fingerprint density at radius 1 is 1.32 bits per heavy atom. The van der Waals surface area contributed by atoms with Gasteiger partial charge in [0.05, 0.1) is 11.9 Å². The van der Waals surface area contributed by atoms with Gasteiger partial charge in [-0.15, -0.1) is 0 Å². The van der Waals surface area contributed by atoms with Crippen molar-refractivity contribution in [2.75, 3.05) is 5.32 Å². The van der Waals surface area contributed by atoms with Crippen LogP contribution in [0.15, 0.2) is 30.6 Å². The van der Waals surface area contributed by atoms with Crippen LogP contribution in [0.1, 0.15) is 37.8 Å². The van der Waals surface area contributed by atoms with E-state index in [1.54, 1.807) is 12.4 Å². The Morgan fingerprint density at radius 3 is 2.79 bits per heavy atom. The van der Waals surface area contributed by atoms with E-state index in [9.17, 15) is 4.79 Å². The number of hydrogen-bond acceptors (Lipinski definition) is 2. The van der Waals surface area contributed by atoms with Crippen molar-refractivity contribution in [3.05, 3.63) is 36.3 Å². The quantitative estimate of drug-likeness (QED) is 0.871. The fourth-order valence-electron chi connectivity index (χ4n) is 2.30. The average Bonchev–Trinajstić information content (AvgIpc) is 2.43. The molecular weight excluding hydrogens is 238 g/mol. The summed E-state index contributed by atoms with van der Waals surface area (Å²) in [7, 11) is 0. The molecule has 102 valence electrons. The molecule has 1 heterocycles. The van der Waals surface area contributed by atoms with Crippen LogP contribution in [0.25, 0.3) is 0 Å². The van der Waals surface area contributed by atoms with Crippen LogP contribution in [0.4, 0.5) is 10.5 Å². The number of pyridine rings is 1. The molecule has 0 saturated heterocycles. The van der Waals surface area contributed by atoms with Gasteiger partial charge in [-0.3, -0.25) is 4.98 Å². The van der Waals surface area contributed by atoms with Crippen LogP contribution >= 0.6 is 0 Å². The van der Waals surface area contributed by atoms with Gasteiger partial charge >= 0.3 is 6.03 Å². The molecule has 1 aromatic heterocycles. The Hall–Kier alpha value is -1.84. The first-order chi connectivity index (χ1) is 9.24. The predicted molar refractivity (Wildman–Crippen MR) is 76.8 cm³/mol. The van der Waals surface area contributed by atoms with Crippen LogP contribution in [-0.2, 0) is 0 Å². The molecule has 1 saturated carbocycles. The Balaban J connectivity index is 1.74. The third kappa shape index (κ3) is 4.73. The number of aromatic nitrogens is 1. The summed E-state index contributed by atoms with van der Waals surface area (Å²) in [4.78, 5) is 15.8. The molecule has 1 aliphatic carbocycles. The van der Waals surface area contributed by atoms with Gasteiger partial charge in [0.15, 0.2) is 0 Å². The smallest absolute Gasteiger partial charge is 0.315 e. The number of anilines is 1. The van der Waals surface area contributed by atoms with Gasteiger partial charge in [0.2, 0.25) is 0 Å². The summed E-state index contributed by atoms with van der Waals surface area (Å²) in [5, 5.41) is 5.48. The molecule has 1 aromatic rings. The maximum atomic E-state index is 11.6. The first kappa shape index (κ1) is 13.6. The number of carbonyl (C=O) groups excluding carboxylic acids is 1. The minimum atomic E-state index is -0.224. The van der Waals surface area contributed by atoms with Crippen LogP contribution in [0.2, 0.25) is 0 Å². The summed E-state index contributed by atoms with van der Waals surface area (Å²) in [6.07, 6.45) is 11.9. The summed E-state index contributed by atoms with van der Waals surface area (Å²) < 4.78 is 0. The molecule has 4 nitrogen and oxygen atoms in total. The molecule has 2 N–H and O–H groups in total. The van der Waals surface area contributed by atoms with E-state index in [2.05, 4.69) is 21.7 Å². The van der Waals surface area contributed by atoms with Crippen molar-refractivity contribution in [2.45, 2.75) is 39.0 Å². The molecule has 0 spiro atoms.